The van der Waals surface area contributed by atoms with E-state index in [1.807, 2.05) is 24.3 Å². The van der Waals surface area contributed by atoms with Crippen molar-refractivity contribution in [2.45, 2.75) is 4.90 Å². The van der Waals surface area contributed by atoms with Gasteiger partial charge in [0.05, 0.1) is 5.02 Å². The van der Waals surface area contributed by atoms with Gasteiger partial charge >= 0.3 is 0 Å². The molecule has 0 saturated carbocycles. The minimum absolute atomic E-state index is 0.168. The van der Waals surface area contributed by atoms with Gasteiger partial charge in [0.2, 0.25) is 10.0 Å². The average Bonchev–Trinajstić information content (AvgIpc) is 2.56. The molecule has 0 bridgehead atoms. The van der Waals surface area contributed by atoms with E-state index >= 15 is 0 Å². The summed E-state index contributed by atoms with van der Waals surface area (Å²) in [6.07, 6.45) is 0. The van der Waals surface area contributed by atoms with Crippen LogP contribution < -0.4 is 4.90 Å². The van der Waals surface area contributed by atoms with Crippen LogP contribution in [-0.2, 0) is 10.0 Å². The maximum absolute atomic E-state index is 12.7. The monoisotopic (exact) mass is 370 g/mol. The van der Waals surface area contributed by atoms with Gasteiger partial charge < -0.3 is 4.90 Å². The smallest absolute Gasteiger partial charge is 0.244 e. The molecule has 1 aliphatic heterocycles. The van der Waals surface area contributed by atoms with Crippen LogP contribution in [0.1, 0.15) is 0 Å². The van der Waals surface area contributed by atoms with Crippen LogP contribution in [0.15, 0.2) is 53.4 Å². The van der Waals surface area contributed by atoms with Crippen molar-refractivity contribution in [3.8, 4) is 0 Å². The number of benzene rings is 2. The van der Waals surface area contributed by atoms with Gasteiger partial charge in [0.1, 0.15) is 4.90 Å². The molecule has 1 aliphatic rings. The molecular formula is C16H16Cl2N2O2S. The van der Waals surface area contributed by atoms with E-state index in [2.05, 4.69) is 4.90 Å². The highest BCUT2D eigenvalue weighted by atomic mass is 35.5. The van der Waals surface area contributed by atoms with E-state index in [9.17, 15) is 8.42 Å². The lowest BCUT2D eigenvalue weighted by molar-refractivity contribution is 0.385. The molecule has 1 saturated heterocycles. The molecule has 0 N–H and O–H groups in total. The molecule has 0 unspecified atom stereocenters. The summed E-state index contributed by atoms with van der Waals surface area (Å²) in [5.41, 5.74) is 1.05. The van der Waals surface area contributed by atoms with Gasteiger partial charge in [-0.25, -0.2) is 8.42 Å². The van der Waals surface area contributed by atoms with Crippen LogP contribution in [0, 0.1) is 0 Å². The molecule has 4 nitrogen and oxygen atoms in total. The predicted octanol–water partition coefficient (Wildman–Crippen LogP) is 3.50. The highest BCUT2D eigenvalue weighted by Crippen LogP contribution is 2.26. The summed E-state index contributed by atoms with van der Waals surface area (Å²) in [6.45, 7) is 2.11. The van der Waals surface area contributed by atoms with E-state index in [-0.39, 0.29) is 9.92 Å². The first-order chi connectivity index (χ1) is 11.0. The Kier molecular flexibility index (Phi) is 4.82. The van der Waals surface area contributed by atoms with Crippen LogP contribution in [0.25, 0.3) is 0 Å². The number of hydrogen-bond acceptors (Lipinski definition) is 3. The number of sulfonamides is 1. The van der Waals surface area contributed by atoms with Gasteiger partial charge in [0.25, 0.3) is 0 Å². The van der Waals surface area contributed by atoms with Crippen LogP contribution >= 0.6 is 23.2 Å². The standard InChI is InChI=1S/C16H16Cl2N2O2S/c17-13-5-7-14(8-6-13)19-9-11-20(12-10-19)23(21,22)16-4-2-1-3-15(16)18/h1-8H,9-12H2. The Bertz CT molecular complexity index is 786. The van der Waals surface area contributed by atoms with Crippen LogP contribution in [-0.4, -0.2) is 38.9 Å². The van der Waals surface area contributed by atoms with Crippen molar-refractivity contribution in [2.75, 3.05) is 31.1 Å². The Balaban J connectivity index is 1.74. The molecule has 2 aromatic carbocycles. The summed E-state index contributed by atoms with van der Waals surface area (Å²) < 4.78 is 26.9. The summed E-state index contributed by atoms with van der Waals surface area (Å²) in [7, 11) is -3.55. The first-order valence-electron chi connectivity index (χ1n) is 7.24. The maximum atomic E-state index is 12.7. The molecule has 0 aromatic heterocycles. The Morgan fingerprint density at radius 1 is 0.826 bits per heavy atom. The molecule has 7 heteroatoms. The van der Waals surface area contributed by atoms with Crippen molar-refractivity contribution in [1.82, 2.24) is 4.31 Å². The third-order valence-electron chi connectivity index (χ3n) is 3.88. The largest absolute Gasteiger partial charge is 0.369 e. The van der Waals surface area contributed by atoms with E-state index in [0.29, 0.717) is 31.2 Å². The van der Waals surface area contributed by atoms with Gasteiger partial charge in [-0.05, 0) is 36.4 Å². The van der Waals surface area contributed by atoms with E-state index in [1.165, 1.54) is 4.31 Å². The van der Waals surface area contributed by atoms with Crippen LogP contribution in [0.4, 0.5) is 5.69 Å². The quantitative estimate of drug-likeness (QED) is 0.829. The molecule has 122 valence electrons. The number of rotatable bonds is 3. The van der Waals surface area contributed by atoms with E-state index in [4.69, 9.17) is 23.2 Å². The normalized spacial score (nSPS) is 16.5. The summed E-state index contributed by atoms with van der Waals surface area (Å²) >= 11 is 11.9. The number of anilines is 1. The Hall–Kier alpha value is -1.27. The number of halogens is 2. The van der Waals surface area contributed by atoms with Gasteiger partial charge in [0.15, 0.2) is 0 Å². The SMILES string of the molecule is O=S(=O)(c1ccccc1Cl)N1CCN(c2ccc(Cl)cc2)CC1. The van der Waals surface area contributed by atoms with Crippen molar-refractivity contribution in [1.29, 1.82) is 0 Å². The third-order valence-corrected chi connectivity index (χ3v) is 6.54. The second kappa shape index (κ2) is 6.69. The summed E-state index contributed by atoms with van der Waals surface area (Å²) in [6, 6.07) is 14.1. The van der Waals surface area contributed by atoms with Gasteiger partial charge in [-0.1, -0.05) is 35.3 Å². The summed E-state index contributed by atoms with van der Waals surface area (Å²) in [5.74, 6) is 0. The first-order valence-corrected chi connectivity index (χ1v) is 9.43. The van der Waals surface area contributed by atoms with Crippen molar-refractivity contribution in [3.05, 3.63) is 58.6 Å². The fraction of sp³-hybridized carbons (Fsp3) is 0.250. The van der Waals surface area contributed by atoms with E-state index < -0.39 is 10.0 Å². The second-order valence-corrected chi connectivity index (χ2v) is 8.05. The van der Waals surface area contributed by atoms with Crippen LogP contribution in [0.5, 0.6) is 0 Å². The zero-order valence-corrected chi connectivity index (χ0v) is 14.7. The minimum Gasteiger partial charge on any atom is -0.369 e. The van der Waals surface area contributed by atoms with Crippen LogP contribution in [0.2, 0.25) is 10.0 Å². The fourth-order valence-corrected chi connectivity index (χ4v) is 4.67. The molecule has 23 heavy (non-hydrogen) atoms. The van der Waals surface area contributed by atoms with E-state index in [1.54, 1.807) is 24.3 Å². The molecule has 1 fully saturated rings. The van der Waals surface area contributed by atoms with Crippen molar-refractivity contribution >= 4 is 38.9 Å². The molecule has 0 radical (unpaired) electrons. The van der Waals surface area contributed by atoms with Crippen molar-refractivity contribution in [2.24, 2.45) is 0 Å². The fourth-order valence-electron chi connectivity index (χ4n) is 2.63. The number of hydrogen-bond donors (Lipinski definition) is 0. The lowest BCUT2D eigenvalue weighted by Gasteiger charge is -2.35. The van der Waals surface area contributed by atoms with Crippen molar-refractivity contribution in [3.63, 3.8) is 0 Å². The molecule has 0 atom stereocenters. The minimum atomic E-state index is -3.55. The molecule has 0 aliphatic carbocycles. The highest BCUT2D eigenvalue weighted by molar-refractivity contribution is 7.89. The van der Waals surface area contributed by atoms with Gasteiger partial charge in [-0.2, -0.15) is 4.31 Å². The Morgan fingerprint density at radius 2 is 1.43 bits per heavy atom. The third kappa shape index (κ3) is 3.48. The number of nitrogens with zero attached hydrogens (tertiary/aromatic N) is 2. The highest BCUT2D eigenvalue weighted by Gasteiger charge is 2.29. The maximum Gasteiger partial charge on any atom is 0.244 e. The molecule has 1 heterocycles. The van der Waals surface area contributed by atoms with E-state index in [0.717, 1.165) is 5.69 Å². The second-order valence-electron chi connectivity index (χ2n) is 5.30. The first kappa shape index (κ1) is 16.6. The average molecular weight is 371 g/mol. The van der Waals surface area contributed by atoms with Crippen molar-refractivity contribution < 1.29 is 8.42 Å². The molecule has 2 aromatic rings. The topological polar surface area (TPSA) is 40.6 Å². The van der Waals surface area contributed by atoms with Gasteiger partial charge in [-0.15, -0.1) is 0 Å². The zero-order valence-electron chi connectivity index (χ0n) is 12.3. The lowest BCUT2D eigenvalue weighted by atomic mass is 10.2. The van der Waals surface area contributed by atoms with Gasteiger partial charge in [-0.3, -0.25) is 0 Å². The molecule has 0 amide bonds. The summed E-state index contributed by atoms with van der Waals surface area (Å²) in [5, 5.41) is 0.946. The zero-order chi connectivity index (χ0) is 16.4. The Labute approximate surface area is 146 Å². The lowest BCUT2D eigenvalue weighted by Crippen LogP contribution is -2.48. The summed E-state index contributed by atoms with van der Waals surface area (Å²) in [4.78, 5) is 2.32. The Morgan fingerprint density at radius 3 is 2.04 bits per heavy atom. The molecular weight excluding hydrogens is 355 g/mol. The van der Waals surface area contributed by atoms with Gasteiger partial charge in [0, 0.05) is 36.9 Å². The molecule has 0 spiro atoms. The van der Waals surface area contributed by atoms with Crippen LogP contribution in [0.3, 0.4) is 0 Å². The predicted molar refractivity (Wildman–Crippen MR) is 93.9 cm³/mol. The molecule has 3 rings (SSSR count). The number of piperazine rings is 1.